The lowest BCUT2D eigenvalue weighted by Crippen LogP contribution is -2.36. The summed E-state index contributed by atoms with van der Waals surface area (Å²) in [6, 6.07) is 15.5. The third-order valence-electron chi connectivity index (χ3n) is 12.7. The van der Waals surface area contributed by atoms with Crippen LogP contribution in [0.3, 0.4) is 0 Å². The number of morpholine rings is 2. The lowest BCUT2D eigenvalue weighted by atomic mass is 9.85. The number of rotatable bonds is 13. The van der Waals surface area contributed by atoms with Crippen LogP contribution in [0.4, 0.5) is 46.3 Å². The van der Waals surface area contributed by atoms with Gasteiger partial charge in [0.2, 0.25) is 11.9 Å². The number of nitrogens with one attached hydrogen (secondary N) is 4. The van der Waals surface area contributed by atoms with Gasteiger partial charge in [0.05, 0.1) is 89.8 Å². The monoisotopic (exact) mass is 950 g/mol. The third kappa shape index (κ3) is 8.98. The molecule has 4 aliphatic rings. The van der Waals surface area contributed by atoms with Crippen molar-refractivity contribution in [2.24, 2.45) is 0 Å². The molecule has 5 N–H and O–H groups in total. The van der Waals surface area contributed by atoms with Gasteiger partial charge in [0.1, 0.15) is 11.6 Å². The second-order valence-electron chi connectivity index (χ2n) is 17.4. The van der Waals surface area contributed by atoms with Gasteiger partial charge in [-0.05, 0) is 48.5 Å². The first-order chi connectivity index (χ1) is 32.1. The minimum absolute atomic E-state index is 0.00277. The summed E-state index contributed by atoms with van der Waals surface area (Å²) in [6.07, 6.45) is 7.01. The van der Waals surface area contributed by atoms with E-state index in [-0.39, 0.29) is 13.2 Å². The third-order valence-corrected chi connectivity index (χ3v) is 13.6. The number of ether oxygens (including phenoxy) is 3. The molecule has 2 fully saturated rings. The van der Waals surface area contributed by atoms with Crippen LogP contribution in [0.2, 0.25) is 15.1 Å². The predicted molar refractivity (Wildman–Crippen MR) is 259 cm³/mol. The number of aliphatic hydroxyl groups excluding tert-OH is 1. The summed E-state index contributed by atoms with van der Waals surface area (Å²) in [5.74, 6) is 2.34. The minimum Gasteiger partial charge on any atom is -0.395 e. The molecule has 4 aliphatic heterocycles. The predicted octanol–water partition coefficient (Wildman–Crippen LogP) is 8.09. The van der Waals surface area contributed by atoms with Crippen LogP contribution >= 0.6 is 34.8 Å². The van der Waals surface area contributed by atoms with Crippen molar-refractivity contribution in [2.45, 2.75) is 31.3 Å². The number of hydrogen-bond acceptors (Lipinski definition) is 16. The number of fused-ring (bicyclic) bond motifs is 2. The van der Waals surface area contributed by atoms with Crippen molar-refractivity contribution < 1.29 is 19.3 Å². The number of anilines is 8. The van der Waals surface area contributed by atoms with Crippen molar-refractivity contribution in [3.05, 3.63) is 105 Å². The first-order valence-electron chi connectivity index (χ1n) is 21.9. The summed E-state index contributed by atoms with van der Waals surface area (Å²) in [7, 11) is 0. The van der Waals surface area contributed by atoms with E-state index in [1.165, 1.54) is 0 Å². The Morgan fingerprint density at radius 3 is 1.76 bits per heavy atom. The summed E-state index contributed by atoms with van der Waals surface area (Å²) in [4.78, 5) is 32.6. The van der Waals surface area contributed by atoms with Crippen molar-refractivity contribution in [3.63, 3.8) is 0 Å². The Balaban J connectivity index is 0.870. The maximum Gasteiger partial charge on any atom is 0.227 e. The van der Waals surface area contributed by atoms with Gasteiger partial charge in [0.25, 0.3) is 0 Å². The zero-order valence-corrected chi connectivity index (χ0v) is 38.8. The van der Waals surface area contributed by atoms with Gasteiger partial charge < -0.3 is 50.4 Å². The van der Waals surface area contributed by atoms with Gasteiger partial charge in [0.15, 0.2) is 0 Å². The van der Waals surface area contributed by atoms with E-state index in [4.69, 9.17) is 64.0 Å². The average Bonchev–Trinajstić information content (AvgIpc) is 3.86. The maximum absolute atomic E-state index is 10.2. The van der Waals surface area contributed by atoms with Gasteiger partial charge >= 0.3 is 0 Å². The summed E-state index contributed by atoms with van der Waals surface area (Å²) in [6.45, 7) is 11.6. The van der Waals surface area contributed by atoms with E-state index in [2.05, 4.69) is 65.1 Å². The Hall–Kier alpha value is -5.59. The SMILES string of the molecule is CC1(CO)CNc2ncc(-c3ccnc(Nc4cc(Cl)c(N5CCOCC5)cc4COCC4(C)CNc5ncc(-c6ccnc(Nc7cc(Cl)c(N8CCOCC8)cc7Cl)n6)cc54)n3)cc21. The van der Waals surface area contributed by atoms with Crippen LogP contribution in [0.5, 0.6) is 0 Å². The first kappa shape index (κ1) is 44.3. The minimum atomic E-state index is -0.435. The molecular weight excluding hydrogens is 903 g/mol. The fourth-order valence-corrected chi connectivity index (χ4v) is 9.55. The molecule has 2 saturated heterocycles. The molecule has 342 valence electrons. The lowest BCUT2D eigenvalue weighted by Gasteiger charge is -2.30. The molecule has 16 nitrogen and oxygen atoms in total. The normalized spacial score (nSPS) is 20.1. The highest BCUT2D eigenvalue weighted by Crippen LogP contribution is 2.41. The molecule has 10 rings (SSSR count). The highest BCUT2D eigenvalue weighted by molar-refractivity contribution is 6.37. The zero-order valence-electron chi connectivity index (χ0n) is 36.5. The summed E-state index contributed by atoms with van der Waals surface area (Å²) in [5.41, 5.74) is 8.14. The molecule has 66 heavy (non-hydrogen) atoms. The molecule has 0 saturated carbocycles. The highest BCUT2D eigenvalue weighted by Gasteiger charge is 2.37. The van der Waals surface area contributed by atoms with Crippen molar-refractivity contribution in [1.29, 1.82) is 0 Å². The molecule has 6 aromatic rings. The number of benzene rings is 2. The number of hydrogen-bond donors (Lipinski definition) is 5. The molecule has 2 atom stereocenters. The molecule has 0 spiro atoms. The summed E-state index contributed by atoms with van der Waals surface area (Å²) >= 11 is 20.5. The van der Waals surface area contributed by atoms with E-state index in [1.54, 1.807) is 24.7 Å². The second kappa shape index (κ2) is 18.6. The van der Waals surface area contributed by atoms with Crippen LogP contribution in [0.15, 0.2) is 73.3 Å². The van der Waals surface area contributed by atoms with Gasteiger partial charge in [-0.1, -0.05) is 48.7 Å². The topological polar surface area (TPSA) is 180 Å². The maximum atomic E-state index is 10.2. The Labute approximate surface area is 397 Å². The average molecular weight is 952 g/mol. The van der Waals surface area contributed by atoms with Gasteiger partial charge in [-0.3, -0.25) is 0 Å². The number of aliphatic hydroxyl groups is 1. The molecule has 0 radical (unpaired) electrons. The number of nitrogens with zero attached hydrogens (tertiary/aromatic N) is 8. The van der Waals surface area contributed by atoms with E-state index in [0.717, 1.165) is 82.7 Å². The Bertz CT molecular complexity index is 2780. The zero-order chi connectivity index (χ0) is 45.4. The number of aromatic nitrogens is 6. The van der Waals surface area contributed by atoms with Crippen LogP contribution in [0.1, 0.15) is 30.5 Å². The largest absolute Gasteiger partial charge is 0.395 e. The van der Waals surface area contributed by atoms with Crippen LogP contribution in [-0.4, -0.2) is 114 Å². The Morgan fingerprint density at radius 2 is 1.18 bits per heavy atom. The highest BCUT2D eigenvalue weighted by atomic mass is 35.5. The quantitative estimate of drug-likeness (QED) is 0.0749. The summed E-state index contributed by atoms with van der Waals surface area (Å²) in [5, 5.41) is 25.3. The second-order valence-corrected chi connectivity index (χ2v) is 18.7. The Morgan fingerprint density at radius 1 is 0.667 bits per heavy atom. The molecule has 0 amide bonds. The van der Waals surface area contributed by atoms with Crippen molar-refractivity contribution >= 4 is 81.1 Å². The molecule has 8 heterocycles. The van der Waals surface area contributed by atoms with Crippen molar-refractivity contribution in [2.75, 3.05) is 110 Å². The van der Waals surface area contributed by atoms with Crippen molar-refractivity contribution in [3.8, 4) is 22.5 Å². The van der Waals surface area contributed by atoms with E-state index in [1.807, 2.05) is 43.5 Å². The molecule has 2 unspecified atom stereocenters. The molecular formula is C47H49Cl3N12O4. The molecule has 2 aromatic carbocycles. The smallest absolute Gasteiger partial charge is 0.227 e. The van der Waals surface area contributed by atoms with Gasteiger partial charge in [-0.2, -0.15) is 0 Å². The van der Waals surface area contributed by atoms with E-state index >= 15 is 0 Å². The molecule has 4 aromatic heterocycles. The standard InChI is InChI=1S/C47H49Cl3N12O4/c1-46(26-63)24-55-42-31(46)15-28(21-53-42)36-3-5-51-44(57-36)59-38-18-34(49)40(61-7-11-64-12-8-61)17-30(38)23-66-27-47(2)25-56-43-32(47)16-29(22-54-43)37-4-6-52-45(58-37)60-39-19-35(50)41(20-33(39)48)62-9-13-65-14-10-62/h3-6,15-22,63H,7-14,23-27H2,1-2H3,(H,53,55)(H,54,56)(H,51,57,59)(H,52,58,60). The first-order valence-corrected chi connectivity index (χ1v) is 23.0. The fourth-order valence-electron chi connectivity index (χ4n) is 8.78. The molecule has 0 aliphatic carbocycles. The van der Waals surface area contributed by atoms with E-state index in [9.17, 15) is 5.11 Å². The summed E-state index contributed by atoms with van der Waals surface area (Å²) < 4.78 is 17.8. The van der Waals surface area contributed by atoms with Gasteiger partial charge in [0, 0.05) is 108 Å². The number of pyridine rings is 2. The van der Waals surface area contributed by atoms with Crippen LogP contribution in [0, 0.1) is 0 Å². The van der Waals surface area contributed by atoms with Crippen LogP contribution < -0.4 is 31.1 Å². The van der Waals surface area contributed by atoms with Gasteiger partial charge in [-0.25, -0.2) is 29.9 Å². The van der Waals surface area contributed by atoms with Gasteiger partial charge in [-0.15, -0.1) is 0 Å². The van der Waals surface area contributed by atoms with Crippen molar-refractivity contribution in [1.82, 2.24) is 29.9 Å². The van der Waals surface area contributed by atoms with E-state index in [0.29, 0.717) is 90.2 Å². The van der Waals surface area contributed by atoms with Crippen LogP contribution in [-0.2, 0) is 31.6 Å². The van der Waals surface area contributed by atoms with Crippen LogP contribution in [0.25, 0.3) is 22.5 Å². The number of halogens is 3. The fraction of sp³-hybridized carbons (Fsp3) is 0.362. The molecule has 19 heteroatoms. The lowest BCUT2D eigenvalue weighted by molar-refractivity contribution is 0.0830. The molecule has 0 bridgehead atoms. The Kier molecular flexibility index (Phi) is 12.5. The van der Waals surface area contributed by atoms with E-state index < -0.39 is 10.8 Å².